The Morgan fingerprint density at radius 2 is 2.43 bits per heavy atom. The van der Waals surface area contributed by atoms with Gasteiger partial charge in [-0.05, 0) is 24.4 Å². The van der Waals surface area contributed by atoms with Crippen molar-refractivity contribution in [2.75, 3.05) is 19.3 Å². The average molecular weight is 213 g/mol. The van der Waals surface area contributed by atoms with Crippen LogP contribution in [0.2, 0.25) is 0 Å². The zero-order valence-corrected chi connectivity index (χ0v) is 9.29. The molecule has 0 bridgehead atoms. The highest BCUT2D eigenvalue weighted by molar-refractivity contribution is 7.99. The monoisotopic (exact) mass is 213 g/mol. The lowest BCUT2D eigenvalue weighted by atomic mass is 10.6. The highest BCUT2D eigenvalue weighted by Gasteiger charge is 2.03. The number of aromatic nitrogens is 4. The maximum absolute atomic E-state index is 3.94. The number of rotatable bonds is 6. The SMILES string of the molecule is CC=CCSc1nnnn1CCNC. The van der Waals surface area contributed by atoms with Crippen molar-refractivity contribution >= 4 is 11.8 Å². The van der Waals surface area contributed by atoms with E-state index in [1.54, 1.807) is 11.8 Å². The summed E-state index contributed by atoms with van der Waals surface area (Å²) in [5.74, 6) is 0.913. The molecule has 1 heterocycles. The summed E-state index contributed by atoms with van der Waals surface area (Å²) in [6.45, 7) is 3.69. The van der Waals surface area contributed by atoms with Gasteiger partial charge in [0.2, 0.25) is 5.16 Å². The van der Waals surface area contributed by atoms with E-state index in [-0.39, 0.29) is 0 Å². The van der Waals surface area contributed by atoms with Crippen LogP contribution in [0.1, 0.15) is 6.92 Å². The Kier molecular flexibility index (Phi) is 5.24. The second-order valence-corrected chi connectivity index (χ2v) is 3.66. The molecule has 0 amide bonds. The average Bonchev–Trinajstić information content (AvgIpc) is 2.63. The van der Waals surface area contributed by atoms with Crippen LogP contribution in [0.5, 0.6) is 0 Å². The summed E-state index contributed by atoms with van der Waals surface area (Å²) >= 11 is 1.64. The molecule has 78 valence electrons. The van der Waals surface area contributed by atoms with Crippen molar-refractivity contribution < 1.29 is 0 Å². The van der Waals surface area contributed by atoms with E-state index in [9.17, 15) is 0 Å². The minimum absolute atomic E-state index is 0.807. The first-order valence-corrected chi connectivity index (χ1v) is 5.51. The number of allylic oxidation sites excluding steroid dienone is 1. The Hall–Kier alpha value is -0.880. The van der Waals surface area contributed by atoms with Crippen molar-refractivity contribution in [2.24, 2.45) is 0 Å². The van der Waals surface area contributed by atoms with Gasteiger partial charge < -0.3 is 5.32 Å². The molecule has 0 atom stereocenters. The number of nitrogens with one attached hydrogen (secondary N) is 1. The van der Waals surface area contributed by atoms with E-state index in [2.05, 4.69) is 26.9 Å². The molecule has 0 aromatic carbocycles. The van der Waals surface area contributed by atoms with Gasteiger partial charge in [-0.2, -0.15) is 0 Å². The molecule has 1 aromatic rings. The van der Waals surface area contributed by atoms with Gasteiger partial charge in [-0.1, -0.05) is 23.9 Å². The summed E-state index contributed by atoms with van der Waals surface area (Å²) in [6.07, 6.45) is 4.11. The lowest BCUT2D eigenvalue weighted by molar-refractivity contribution is 0.530. The van der Waals surface area contributed by atoms with Gasteiger partial charge in [0.15, 0.2) is 0 Å². The quantitative estimate of drug-likeness (QED) is 0.553. The van der Waals surface area contributed by atoms with Crippen LogP contribution in [0, 0.1) is 0 Å². The number of nitrogens with zero attached hydrogens (tertiary/aromatic N) is 4. The summed E-state index contributed by atoms with van der Waals surface area (Å²) in [5, 5.41) is 15.4. The third-order valence-electron chi connectivity index (χ3n) is 1.62. The predicted octanol–water partition coefficient (Wildman–Crippen LogP) is 0.561. The van der Waals surface area contributed by atoms with Crippen LogP contribution < -0.4 is 5.32 Å². The van der Waals surface area contributed by atoms with Crippen LogP contribution in [0.25, 0.3) is 0 Å². The zero-order chi connectivity index (χ0) is 10.2. The van der Waals surface area contributed by atoms with E-state index in [4.69, 9.17) is 0 Å². The molecule has 0 aliphatic carbocycles. The summed E-state index contributed by atoms with van der Waals surface area (Å²) < 4.78 is 1.81. The normalized spacial score (nSPS) is 11.3. The van der Waals surface area contributed by atoms with Gasteiger partial charge >= 0.3 is 0 Å². The van der Waals surface area contributed by atoms with E-state index in [0.29, 0.717) is 0 Å². The molecule has 0 unspecified atom stereocenters. The third kappa shape index (κ3) is 3.47. The first-order valence-electron chi connectivity index (χ1n) is 4.53. The van der Waals surface area contributed by atoms with Crippen LogP contribution in [-0.4, -0.2) is 39.6 Å². The largest absolute Gasteiger partial charge is 0.318 e. The molecule has 1 N–H and O–H groups in total. The fourth-order valence-electron chi connectivity index (χ4n) is 0.877. The Morgan fingerprint density at radius 1 is 1.57 bits per heavy atom. The summed E-state index contributed by atoms with van der Waals surface area (Å²) in [7, 11) is 1.91. The van der Waals surface area contributed by atoms with E-state index < -0.39 is 0 Å². The van der Waals surface area contributed by atoms with E-state index in [1.165, 1.54) is 0 Å². The molecule has 0 aliphatic heterocycles. The fraction of sp³-hybridized carbons (Fsp3) is 0.625. The Balaban J connectivity index is 2.45. The zero-order valence-electron chi connectivity index (χ0n) is 8.47. The maximum atomic E-state index is 3.94. The lowest BCUT2D eigenvalue weighted by Crippen LogP contribution is -2.16. The number of thioether (sulfide) groups is 1. The first kappa shape index (κ1) is 11.2. The second-order valence-electron chi connectivity index (χ2n) is 2.67. The Labute approximate surface area is 88.0 Å². The van der Waals surface area contributed by atoms with Crippen LogP contribution in [0.15, 0.2) is 17.3 Å². The number of likely N-dealkylation sites (N-methyl/N-ethyl adjacent to an activating group) is 1. The number of tetrazole rings is 1. The number of hydrogen-bond acceptors (Lipinski definition) is 5. The maximum Gasteiger partial charge on any atom is 0.209 e. The Bertz CT molecular complexity index is 283. The topological polar surface area (TPSA) is 55.6 Å². The molecule has 0 saturated carbocycles. The van der Waals surface area contributed by atoms with Gasteiger partial charge in [-0.25, -0.2) is 4.68 Å². The highest BCUT2D eigenvalue weighted by Crippen LogP contribution is 2.12. The predicted molar refractivity (Wildman–Crippen MR) is 57.3 cm³/mol. The van der Waals surface area contributed by atoms with Crippen molar-refractivity contribution in [3.63, 3.8) is 0 Å². The molecular formula is C8H15N5S. The molecule has 0 radical (unpaired) electrons. The van der Waals surface area contributed by atoms with Gasteiger partial charge in [0.1, 0.15) is 0 Å². The molecule has 0 aliphatic rings. The van der Waals surface area contributed by atoms with Crippen LogP contribution in [0.3, 0.4) is 0 Å². The Morgan fingerprint density at radius 3 is 3.14 bits per heavy atom. The molecule has 14 heavy (non-hydrogen) atoms. The molecule has 0 fully saturated rings. The molecule has 0 saturated heterocycles. The van der Waals surface area contributed by atoms with Crippen LogP contribution >= 0.6 is 11.8 Å². The lowest BCUT2D eigenvalue weighted by Gasteiger charge is -2.01. The van der Waals surface area contributed by atoms with Crippen LogP contribution in [-0.2, 0) is 6.54 Å². The van der Waals surface area contributed by atoms with Gasteiger partial charge in [-0.3, -0.25) is 0 Å². The van der Waals surface area contributed by atoms with Crippen molar-refractivity contribution in [2.45, 2.75) is 18.6 Å². The van der Waals surface area contributed by atoms with Gasteiger partial charge in [-0.15, -0.1) is 5.10 Å². The van der Waals surface area contributed by atoms with Gasteiger partial charge in [0.05, 0.1) is 6.54 Å². The van der Waals surface area contributed by atoms with Crippen molar-refractivity contribution in [3.05, 3.63) is 12.2 Å². The van der Waals surface area contributed by atoms with E-state index >= 15 is 0 Å². The molecular weight excluding hydrogens is 198 g/mol. The minimum atomic E-state index is 0.807. The summed E-state index contributed by atoms with van der Waals surface area (Å²) in [5.41, 5.74) is 0. The molecule has 5 nitrogen and oxygen atoms in total. The fourth-order valence-corrected chi connectivity index (χ4v) is 1.69. The molecule has 1 aromatic heterocycles. The number of hydrogen-bond donors (Lipinski definition) is 1. The summed E-state index contributed by atoms with van der Waals surface area (Å²) in [6, 6.07) is 0. The van der Waals surface area contributed by atoms with Gasteiger partial charge in [0, 0.05) is 12.3 Å². The second kappa shape index (κ2) is 6.56. The van der Waals surface area contributed by atoms with Crippen molar-refractivity contribution in [1.82, 2.24) is 25.5 Å². The molecule has 0 spiro atoms. The molecule has 6 heteroatoms. The smallest absolute Gasteiger partial charge is 0.209 e. The first-order chi connectivity index (χ1) is 6.88. The van der Waals surface area contributed by atoms with Crippen molar-refractivity contribution in [3.8, 4) is 0 Å². The summed E-state index contributed by atoms with van der Waals surface area (Å²) in [4.78, 5) is 0. The standard InChI is InChI=1S/C8H15N5S/c1-3-4-7-14-8-10-11-12-13(8)6-5-9-2/h3-4,9H,5-7H2,1-2H3. The molecule has 1 rings (SSSR count). The minimum Gasteiger partial charge on any atom is -0.318 e. The van der Waals surface area contributed by atoms with E-state index in [1.807, 2.05) is 24.7 Å². The third-order valence-corrected chi connectivity index (χ3v) is 2.53. The van der Waals surface area contributed by atoms with Crippen molar-refractivity contribution in [1.29, 1.82) is 0 Å². The van der Waals surface area contributed by atoms with E-state index in [0.717, 1.165) is 24.0 Å². The highest BCUT2D eigenvalue weighted by atomic mass is 32.2. The van der Waals surface area contributed by atoms with Crippen LogP contribution in [0.4, 0.5) is 0 Å². The van der Waals surface area contributed by atoms with Gasteiger partial charge in [0.25, 0.3) is 0 Å².